The third-order valence-electron chi connectivity index (χ3n) is 2.64. The van der Waals surface area contributed by atoms with E-state index in [1.54, 1.807) is 30.3 Å². The highest BCUT2D eigenvalue weighted by atomic mass is 35.5. The zero-order chi connectivity index (χ0) is 14.7. The Labute approximate surface area is 136 Å². The summed E-state index contributed by atoms with van der Waals surface area (Å²) in [4.78, 5) is 0. The topological polar surface area (TPSA) is 29.5 Å². The Hall–Kier alpha value is -0.640. The van der Waals surface area contributed by atoms with Crippen LogP contribution in [-0.4, -0.2) is 5.11 Å². The molecular formula is C14H10Cl4O2. The molecule has 0 heterocycles. The summed E-state index contributed by atoms with van der Waals surface area (Å²) in [6.07, 6.45) is 0. The SMILES string of the molecule is OCc1cc(Cl)cc(Cl)c1OCc1cc(Cl)ccc1Cl. The maximum atomic E-state index is 9.32. The smallest absolute Gasteiger partial charge is 0.144 e. The number of ether oxygens (including phenoxy) is 1. The van der Waals surface area contributed by atoms with Gasteiger partial charge in [-0.2, -0.15) is 0 Å². The first-order valence-electron chi connectivity index (χ1n) is 5.66. The molecule has 0 aromatic heterocycles. The fourth-order valence-electron chi connectivity index (χ4n) is 1.70. The van der Waals surface area contributed by atoms with Crippen LogP contribution >= 0.6 is 46.4 Å². The molecule has 0 unspecified atom stereocenters. The van der Waals surface area contributed by atoms with Gasteiger partial charge in [0.25, 0.3) is 0 Å². The van der Waals surface area contributed by atoms with E-state index in [2.05, 4.69) is 0 Å². The van der Waals surface area contributed by atoms with Gasteiger partial charge in [0.1, 0.15) is 12.4 Å². The maximum absolute atomic E-state index is 9.32. The predicted molar refractivity (Wildman–Crippen MR) is 83.2 cm³/mol. The molecule has 2 nitrogen and oxygen atoms in total. The van der Waals surface area contributed by atoms with Crippen molar-refractivity contribution in [2.75, 3.05) is 0 Å². The number of hydrogen-bond acceptors (Lipinski definition) is 2. The minimum Gasteiger partial charge on any atom is -0.487 e. The number of aliphatic hydroxyl groups excluding tert-OH is 1. The van der Waals surface area contributed by atoms with Crippen LogP contribution in [-0.2, 0) is 13.2 Å². The van der Waals surface area contributed by atoms with E-state index in [0.717, 1.165) is 5.56 Å². The maximum Gasteiger partial charge on any atom is 0.144 e. The van der Waals surface area contributed by atoms with Crippen LogP contribution in [0.5, 0.6) is 5.75 Å². The number of benzene rings is 2. The second-order valence-electron chi connectivity index (χ2n) is 4.06. The number of aliphatic hydroxyl groups is 1. The highest BCUT2D eigenvalue weighted by molar-refractivity contribution is 6.35. The Balaban J connectivity index is 2.25. The molecule has 0 saturated carbocycles. The Morgan fingerprint density at radius 1 is 0.850 bits per heavy atom. The van der Waals surface area contributed by atoms with Crippen molar-refractivity contribution in [1.29, 1.82) is 0 Å². The predicted octanol–water partition coefficient (Wildman–Crippen LogP) is 5.37. The monoisotopic (exact) mass is 350 g/mol. The van der Waals surface area contributed by atoms with Crippen LogP contribution in [0.25, 0.3) is 0 Å². The lowest BCUT2D eigenvalue weighted by atomic mass is 10.2. The van der Waals surface area contributed by atoms with Crippen molar-refractivity contribution in [1.82, 2.24) is 0 Å². The van der Waals surface area contributed by atoms with Crippen LogP contribution in [0.1, 0.15) is 11.1 Å². The molecule has 0 bridgehead atoms. The Bertz CT molecular complexity index is 629. The molecule has 2 rings (SSSR count). The summed E-state index contributed by atoms with van der Waals surface area (Å²) < 4.78 is 5.64. The fourth-order valence-corrected chi connectivity index (χ4v) is 2.65. The van der Waals surface area contributed by atoms with E-state index in [9.17, 15) is 5.11 Å². The van der Waals surface area contributed by atoms with E-state index < -0.39 is 0 Å². The summed E-state index contributed by atoms with van der Waals surface area (Å²) in [6, 6.07) is 8.26. The largest absolute Gasteiger partial charge is 0.487 e. The van der Waals surface area contributed by atoms with Crippen molar-refractivity contribution < 1.29 is 9.84 Å². The van der Waals surface area contributed by atoms with Crippen LogP contribution in [0.15, 0.2) is 30.3 Å². The quantitative estimate of drug-likeness (QED) is 0.802. The lowest BCUT2D eigenvalue weighted by Crippen LogP contribution is -2.00. The summed E-state index contributed by atoms with van der Waals surface area (Å²) >= 11 is 23.9. The first-order chi connectivity index (χ1) is 9.51. The molecule has 1 N–H and O–H groups in total. The van der Waals surface area contributed by atoms with E-state index in [-0.39, 0.29) is 13.2 Å². The highest BCUT2D eigenvalue weighted by Crippen LogP contribution is 2.33. The molecule has 106 valence electrons. The van der Waals surface area contributed by atoms with Crippen LogP contribution in [0.2, 0.25) is 20.1 Å². The number of halogens is 4. The van der Waals surface area contributed by atoms with Gasteiger partial charge in [0.05, 0.1) is 11.6 Å². The van der Waals surface area contributed by atoms with Crippen molar-refractivity contribution in [2.45, 2.75) is 13.2 Å². The Morgan fingerprint density at radius 2 is 1.55 bits per heavy atom. The molecule has 0 saturated heterocycles. The summed E-state index contributed by atoms with van der Waals surface area (Å²) in [5.74, 6) is 0.384. The second-order valence-corrected chi connectivity index (χ2v) is 5.75. The molecule has 0 radical (unpaired) electrons. The highest BCUT2D eigenvalue weighted by Gasteiger charge is 2.11. The van der Waals surface area contributed by atoms with Crippen LogP contribution < -0.4 is 4.74 Å². The molecule has 6 heteroatoms. The average Bonchev–Trinajstić information content (AvgIpc) is 2.40. The number of rotatable bonds is 4. The normalized spacial score (nSPS) is 10.7. The molecule has 0 spiro atoms. The van der Waals surface area contributed by atoms with Gasteiger partial charge in [-0.05, 0) is 30.3 Å². The van der Waals surface area contributed by atoms with Gasteiger partial charge in [0.15, 0.2) is 0 Å². The van der Waals surface area contributed by atoms with Gasteiger partial charge >= 0.3 is 0 Å². The van der Waals surface area contributed by atoms with Crippen LogP contribution in [0.4, 0.5) is 0 Å². The van der Waals surface area contributed by atoms with Gasteiger partial charge in [-0.15, -0.1) is 0 Å². The minimum absolute atomic E-state index is 0.188. The van der Waals surface area contributed by atoms with Gasteiger partial charge in [0, 0.05) is 26.2 Å². The van der Waals surface area contributed by atoms with Gasteiger partial charge in [0.2, 0.25) is 0 Å². The van der Waals surface area contributed by atoms with Gasteiger partial charge in [-0.1, -0.05) is 46.4 Å². The summed E-state index contributed by atoms with van der Waals surface area (Å²) in [5, 5.41) is 11.2. The Morgan fingerprint density at radius 3 is 2.25 bits per heavy atom. The van der Waals surface area contributed by atoms with E-state index in [1.165, 1.54) is 0 Å². The van der Waals surface area contributed by atoms with E-state index in [0.29, 0.717) is 31.4 Å². The summed E-state index contributed by atoms with van der Waals surface area (Å²) in [7, 11) is 0. The molecule has 2 aromatic carbocycles. The van der Waals surface area contributed by atoms with E-state index >= 15 is 0 Å². The molecule has 0 aliphatic rings. The molecule has 2 aromatic rings. The van der Waals surface area contributed by atoms with Crippen molar-refractivity contribution in [3.05, 3.63) is 61.5 Å². The summed E-state index contributed by atoms with van der Waals surface area (Å²) in [5.41, 5.74) is 1.25. The molecule has 0 amide bonds. The standard InChI is InChI=1S/C14H10Cl4O2/c15-10-1-2-12(17)9(4-10)7-20-14-8(6-19)3-11(16)5-13(14)18/h1-5,19H,6-7H2. The third-order valence-corrected chi connectivity index (χ3v) is 3.74. The zero-order valence-corrected chi connectivity index (χ0v) is 13.2. The van der Waals surface area contributed by atoms with Crippen molar-refractivity contribution in [2.24, 2.45) is 0 Å². The molecular weight excluding hydrogens is 342 g/mol. The van der Waals surface area contributed by atoms with Crippen molar-refractivity contribution in [3.63, 3.8) is 0 Å². The average molecular weight is 352 g/mol. The van der Waals surface area contributed by atoms with Gasteiger partial charge < -0.3 is 9.84 Å². The molecule has 0 atom stereocenters. The third kappa shape index (κ3) is 3.72. The van der Waals surface area contributed by atoms with E-state index in [4.69, 9.17) is 51.1 Å². The van der Waals surface area contributed by atoms with E-state index in [1.807, 2.05) is 0 Å². The lowest BCUT2D eigenvalue weighted by Gasteiger charge is -2.13. The van der Waals surface area contributed by atoms with Crippen LogP contribution in [0.3, 0.4) is 0 Å². The Kier molecular flexibility index (Phi) is 5.42. The fraction of sp³-hybridized carbons (Fsp3) is 0.143. The van der Waals surface area contributed by atoms with Gasteiger partial charge in [-0.3, -0.25) is 0 Å². The van der Waals surface area contributed by atoms with Gasteiger partial charge in [-0.25, -0.2) is 0 Å². The zero-order valence-electron chi connectivity index (χ0n) is 10.2. The minimum atomic E-state index is -0.223. The summed E-state index contributed by atoms with van der Waals surface area (Å²) in [6.45, 7) is -0.0351. The first kappa shape index (κ1) is 15.7. The second kappa shape index (κ2) is 6.88. The first-order valence-corrected chi connectivity index (χ1v) is 7.18. The molecule has 0 fully saturated rings. The van der Waals surface area contributed by atoms with Crippen LogP contribution in [0, 0.1) is 0 Å². The molecule has 0 aliphatic carbocycles. The number of hydrogen-bond donors (Lipinski definition) is 1. The lowest BCUT2D eigenvalue weighted by molar-refractivity contribution is 0.259. The molecule has 0 aliphatic heterocycles. The van der Waals surface area contributed by atoms with Crippen molar-refractivity contribution in [3.8, 4) is 5.75 Å². The van der Waals surface area contributed by atoms with Crippen molar-refractivity contribution >= 4 is 46.4 Å². The molecule has 20 heavy (non-hydrogen) atoms.